The van der Waals surface area contributed by atoms with E-state index in [9.17, 15) is 0 Å². The lowest BCUT2D eigenvalue weighted by molar-refractivity contribution is 0.883. The van der Waals surface area contributed by atoms with Crippen molar-refractivity contribution in [2.24, 2.45) is 5.73 Å². The molecule has 0 unspecified atom stereocenters. The van der Waals surface area contributed by atoms with E-state index in [0.29, 0.717) is 0 Å². The Balaban J connectivity index is 4.54. The van der Waals surface area contributed by atoms with E-state index in [0.717, 1.165) is 35.1 Å². The monoisotopic (exact) mass is 271 g/mol. The molecule has 0 aliphatic carbocycles. The fourth-order valence-corrected chi connectivity index (χ4v) is 1.91. The zero-order chi connectivity index (χ0) is 15.5. The average molecular weight is 271 g/mol. The first-order valence-electron chi connectivity index (χ1n) is 7.20. The summed E-state index contributed by atoms with van der Waals surface area (Å²) in [7, 11) is 0. The summed E-state index contributed by atoms with van der Waals surface area (Å²) < 4.78 is 0. The van der Waals surface area contributed by atoms with Crippen molar-refractivity contribution in [3.8, 4) is 0 Å². The van der Waals surface area contributed by atoms with Crippen LogP contribution in [0.15, 0.2) is 72.0 Å². The normalized spacial score (nSPS) is 12.8. The van der Waals surface area contributed by atoms with Gasteiger partial charge in [-0.3, -0.25) is 0 Å². The van der Waals surface area contributed by atoms with Gasteiger partial charge in [-0.1, -0.05) is 62.5 Å². The van der Waals surface area contributed by atoms with Crippen molar-refractivity contribution in [1.29, 1.82) is 0 Å². The quantitative estimate of drug-likeness (QED) is 0.428. The molecule has 0 bridgehead atoms. The van der Waals surface area contributed by atoms with Crippen LogP contribution in [0.4, 0.5) is 0 Å². The highest BCUT2D eigenvalue weighted by Crippen LogP contribution is 2.22. The van der Waals surface area contributed by atoms with Crippen LogP contribution < -0.4 is 5.73 Å². The maximum atomic E-state index is 5.70. The molecule has 0 saturated carbocycles. The fraction of sp³-hybridized carbons (Fsp3) is 0.368. The summed E-state index contributed by atoms with van der Waals surface area (Å²) in [6.45, 7) is 18.3. The van der Waals surface area contributed by atoms with Crippen LogP contribution in [0.2, 0.25) is 0 Å². The number of nitrogens with two attached hydrogens (primary N) is 1. The molecule has 0 rings (SSSR count). The van der Waals surface area contributed by atoms with Crippen molar-refractivity contribution in [2.75, 3.05) is 0 Å². The molecule has 0 aromatic rings. The van der Waals surface area contributed by atoms with Crippen LogP contribution in [0.5, 0.6) is 0 Å². The molecule has 0 aromatic carbocycles. The molecular formula is C19H29N. The molecule has 0 heterocycles. The van der Waals surface area contributed by atoms with Gasteiger partial charge >= 0.3 is 0 Å². The van der Waals surface area contributed by atoms with Gasteiger partial charge in [0, 0.05) is 6.20 Å². The minimum atomic E-state index is 0.884. The van der Waals surface area contributed by atoms with Crippen LogP contribution >= 0.6 is 0 Å². The number of rotatable bonds is 9. The van der Waals surface area contributed by atoms with Crippen LogP contribution in [0.3, 0.4) is 0 Å². The van der Waals surface area contributed by atoms with Gasteiger partial charge in [0.15, 0.2) is 0 Å². The van der Waals surface area contributed by atoms with E-state index in [-0.39, 0.29) is 0 Å². The maximum Gasteiger partial charge on any atom is 0.00199 e. The molecule has 110 valence electrons. The molecule has 0 aromatic heterocycles. The van der Waals surface area contributed by atoms with Gasteiger partial charge in [0.05, 0.1) is 0 Å². The predicted octanol–water partition coefficient (Wildman–Crippen LogP) is 5.60. The minimum Gasteiger partial charge on any atom is -0.404 e. The van der Waals surface area contributed by atoms with Gasteiger partial charge in [0.2, 0.25) is 0 Å². The molecule has 2 N–H and O–H groups in total. The zero-order valence-corrected chi connectivity index (χ0v) is 13.3. The van der Waals surface area contributed by atoms with E-state index in [1.165, 1.54) is 18.4 Å². The molecule has 0 aliphatic heterocycles. The molecule has 1 heteroatoms. The summed E-state index contributed by atoms with van der Waals surface area (Å²) in [5, 5.41) is 0. The highest BCUT2D eigenvalue weighted by Gasteiger charge is 2.04. The highest BCUT2D eigenvalue weighted by atomic mass is 14.5. The molecule has 0 radical (unpaired) electrons. The van der Waals surface area contributed by atoms with E-state index in [2.05, 4.69) is 39.7 Å². The van der Waals surface area contributed by atoms with Gasteiger partial charge in [0.25, 0.3) is 0 Å². The summed E-state index contributed by atoms with van der Waals surface area (Å²) in [6, 6.07) is 0. The lowest BCUT2D eigenvalue weighted by Gasteiger charge is -2.10. The van der Waals surface area contributed by atoms with Crippen molar-refractivity contribution in [2.45, 2.75) is 46.5 Å². The van der Waals surface area contributed by atoms with E-state index in [4.69, 9.17) is 5.73 Å². The first-order chi connectivity index (χ1) is 9.42. The van der Waals surface area contributed by atoms with Crippen molar-refractivity contribution in [3.63, 3.8) is 0 Å². The van der Waals surface area contributed by atoms with Crippen LogP contribution in [0.1, 0.15) is 46.5 Å². The fourth-order valence-electron chi connectivity index (χ4n) is 1.91. The van der Waals surface area contributed by atoms with Crippen molar-refractivity contribution in [3.05, 3.63) is 72.0 Å². The smallest absolute Gasteiger partial charge is 0.00199 e. The van der Waals surface area contributed by atoms with Crippen molar-refractivity contribution >= 4 is 0 Å². The number of hydrogen-bond acceptors (Lipinski definition) is 1. The van der Waals surface area contributed by atoms with Gasteiger partial charge < -0.3 is 5.73 Å². The Labute approximate surface area is 125 Å². The Kier molecular flexibility index (Phi) is 9.19. The average Bonchev–Trinajstić information content (AvgIpc) is 2.37. The Bertz CT molecular complexity index is 444. The molecule has 0 aliphatic rings. The molecule has 0 saturated heterocycles. The Morgan fingerprint density at radius 2 is 1.70 bits per heavy atom. The Morgan fingerprint density at radius 1 is 1.05 bits per heavy atom. The van der Waals surface area contributed by atoms with Gasteiger partial charge in [-0.25, -0.2) is 0 Å². The molecule has 1 nitrogen and oxygen atoms in total. The second kappa shape index (κ2) is 10.1. The second-order valence-electron chi connectivity index (χ2n) is 5.23. The van der Waals surface area contributed by atoms with E-state index >= 15 is 0 Å². The zero-order valence-electron chi connectivity index (χ0n) is 13.3. The van der Waals surface area contributed by atoms with Gasteiger partial charge in [-0.15, -0.1) is 0 Å². The Morgan fingerprint density at radius 3 is 2.20 bits per heavy atom. The highest BCUT2D eigenvalue weighted by molar-refractivity contribution is 5.49. The number of allylic oxidation sites excluding steroid dienone is 8. The van der Waals surface area contributed by atoms with Crippen LogP contribution in [0, 0.1) is 0 Å². The molecule has 0 atom stereocenters. The summed E-state index contributed by atoms with van der Waals surface area (Å²) in [6.07, 6.45) is 12.0. The first kappa shape index (κ1) is 18.2. The van der Waals surface area contributed by atoms with Gasteiger partial charge in [0.1, 0.15) is 0 Å². The van der Waals surface area contributed by atoms with Crippen molar-refractivity contribution < 1.29 is 0 Å². The third-order valence-corrected chi connectivity index (χ3v) is 3.05. The Hall–Kier alpha value is -1.76. The maximum absolute atomic E-state index is 5.70. The third-order valence-electron chi connectivity index (χ3n) is 3.05. The second-order valence-corrected chi connectivity index (χ2v) is 5.23. The van der Waals surface area contributed by atoms with Crippen LogP contribution in [0.25, 0.3) is 0 Å². The van der Waals surface area contributed by atoms with E-state index in [1.807, 2.05) is 19.1 Å². The summed E-state index contributed by atoms with van der Waals surface area (Å²) in [4.78, 5) is 0. The largest absolute Gasteiger partial charge is 0.404 e. The standard InChI is InChI=1S/C19H29N/c1-7-9-16(4)10-8-11-17(5)19(14-20)18(6)13-12-15(2)3/h10,12-14H,2,5-9,11,20H2,1,3-4H3/b13-12-,16-10-,19-14-. The SMILES string of the molecule is C=C(C)/C=C\C(=C)/C(=C\N)C(=C)CC/C=C(/C)CCC. The van der Waals surface area contributed by atoms with Crippen LogP contribution in [-0.2, 0) is 0 Å². The lowest BCUT2D eigenvalue weighted by atomic mass is 9.96. The summed E-state index contributed by atoms with van der Waals surface area (Å²) in [5.41, 5.74) is 11.0. The summed E-state index contributed by atoms with van der Waals surface area (Å²) >= 11 is 0. The van der Waals surface area contributed by atoms with Crippen LogP contribution in [-0.4, -0.2) is 0 Å². The molecule has 0 fully saturated rings. The van der Waals surface area contributed by atoms with E-state index in [1.54, 1.807) is 6.20 Å². The molecule has 20 heavy (non-hydrogen) atoms. The third kappa shape index (κ3) is 7.63. The molecular weight excluding hydrogens is 242 g/mol. The van der Waals surface area contributed by atoms with Gasteiger partial charge in [-0.2, -0.15) is 0 Å². The first-order valence-corrected chi connectivity index (χ1v) is 7.20. The van der Waals surface area contributed by atoms with Gasteiger partial charge in [-0.05, 0) is 49.8 Å². The molecule has 0 amide bonds. The van der Waals surface area contributed by atoms with E-state index < -0.39 is 0 Å². The lowest BCUT2D eigenvalue weighted by Crippen LogP contribution is -1.95. The minimum absolute atomic E-state index is 0.884. The summed E-state index contributed by atoms with van der Waals surface area (Å²) in [5.74, 6) is 0. The predicted molar refractivity (Wildman–Crippen MR) is 92.4 cm³/mol. The molecule has 0 spiro atoms. The van der Waals surface area contributed by atoms with Crippen molar-refractivity contribution in [1.82, 2.24) is 0 Å². The number of hydrogen-bond donors (Lipinski definition) is 1. The topological polar surface area (TPSA) is 26.0 Å².